The normalized spacial score (nSPS) is 12.6. The monoisotopic (exact) mass is 298 g/mol. The summed E-state index contributed by atoms with van der Waals surface area (Å²) in [4.78, 5) is 4.34. The van der Waals surface area contributed by atoms with Crippen LogP contribution in [0.1, 0.15) is 30.6 Å². The number of benzene rings is 1. The third-order valence-corrected chi connectivity index (χ3v) is 3.78. The molecule has 0 bridgehead atoms. The molecular weight excluding hydrogens is 283 g/mol. The minimum atomic E-state index is -0.369. The fraction of sp³-hybridized carbons (Fsp3) is 0.357. The molecule has 102 valence electrons. The number of hydrogen-bond acceptors (Lipinski definition) is 3. The first-order valence-electron chi connectivity index (χ1n) is 6.26. The highest BCUT2D eigenvalue weighted by molar-refractivity contribution is 7.07. The van der Waals surface area contributed by atoms with Crippen molar-refractivity contribution in [3.8, 4) is 0 Å². The van der Waals surface area contributed by atoms with E-state index in [4.69, 9.17) is 11.6 Å². The van der Waals surface area contributed by atoms with E-state index in [2.05, 4.69) is 17.2 Å². The van der Waals surface area contributed by atoms with Crippen molar-refractivity contribution in [1.82, 2.24) is 10.3 Å². The molecule has 2 rings (SSSR count). The molecule has 0 saturated carbocycles. The molecule has 0 aliphatic rings. The van der Waals surface area contributed by atoms with Gasteiger partial charge < -0.3 is 5.32 Å². The van der Waals surface area contributed by atoms with Gasteiger partial charge >= 0.3 is 0 Å². The Bertz CT molecular complexity index is 516. The Balaban J connectivity index is 2.13. The molecule has 0 amide bonds. The lowest BCUT2D eigenvalue weighted by atomic mass is 10.0. The van der Waals surface area contributed by atoms with Crippen molar-refractivity contribution >= 4 is 22.9 Å². The SMILES string of the molecule is CCCNC(Cc1ccc(Cl)c(F)c1)c1cscn1. The van der Waals surface area contributed by atoms with Gasteiger partial charge in [0.05, 0.1) is 22.3 Å². The van der Waals surface area contributed by atoms with Crippen molar-refractivity contribution < 1.29 is 4.39 Å². The van der Waals surface area contributed by atoms with Gasteiger partial charge in [-0.05, 0) is 37.1 Å². The van der Waals surface area contributed by atoms with Gasteiger partial charge in [-0.3, -0.25) is 0 Å². The minimum absolute atomic E-state index is 0.117. The minimum Gasteiger partial charge on any atom is -0.308 e. The predicted octanol–water partition coefficient (Wildman–Crippen LogP) is 4.22. The van der Waals surface area contributed by atoms with E-state index in [1.165, 1.54) is 6.07 Å². The molecule has 0 saturated heterocycles. The lowest BCUT2D eigenvalue weighted by Gasteiger charge is -2.16. The van der Waals surface area contributed by atoms with Crippen LogP contribution in [0.4, 0.5) is 4.39 Å². The molecule has 0 fully saturated rings. The summed E-state index contributed by atoms with van der Waals surface area (Å²) >= 11 is 7.27. The first kappa shape index (κ1) is 14.4. The Kier molecular flexibility index (Phi) is 5.31. The summed E-state index contributed by atoms with van der Waals surface area (Å²) in [5.74, 6) is -0.369. The first-order valence-corrected chi connectivity index (χ1v) is 7.58. The fourth-order valence-corrected chi connectivity index (χ4v) is 2.62. The number of halogens is 2. The van der Waals surface area contributed by atoms with Crippen LogP contribution in [0.3, 0.4) is 0 Å². The molecule has 19 heavy (non-hydrogen) atoms. The zero-order chi connectivity index (χ0) is 13.7. The lowest BCUT2D eigenvalue weighted by molar-refractivity contribution is 0.518. The standard InChI is InChI=1S/C14H16ClFN2S/c1-2-5-17-13(14-8-19-9-18-14)7-10-3-4-11(15)12(16)6-10/h3-4,6,8-9,13,17H,2,5,7H2,1H3. The highest BCUT2D eigenvalue weighted by Crippen LogP contribution is 2.21. The van der Waals surface area contributed by atoms with Crippen molar-refractivity contribution in [3.05, 3.63) is 51.2 Å². The van der Waals surface area contributed by atoms with Crippen LogP contribution in [0.5, 0.6) is 0 Å². The lowest BCUT2D eigenvalue weighted by Crippen LogP contribution is -2.24. The molecule has 0 radical (unpaired) electrons. The third-order valence-electron chi connectivity index (χ3n) is 2.87. The van der Waals surface area contributed by atoms with E-state index < -0.39 is 0 Å². The molecule has 1 heterocycles. The summed E-state index contributed by atoms with van der Waals surface area (Å²) in [6.07, 6.45) is 1.76. The van der Waals surface area contributed by atoms with Gasteiger partial charge in [0.25, 0.3) is 0 Å². The zero-order valence-corrected chi connectivity index (χ0v) is 12.3. The van der Waals surface area contributed by atoms with Crippen LogP contribution in [0.2, 0.25) is 5.02 Å². The number of rotatable bonds is 6. The first-order chi connectivity index (χ1) is 9.20. The van der Waals surface area contributed by atoms with E-state index in [0.717, 1.165) is 24.2 Å². The second-order valence-corrected chi connectivity index (χ2v) is 5.50. The summed E-state index contributed by atoms with van der Waals surface area (Å²) < 4.78 is 13.5. The smallest absolute Gasteiger partial charge is 0.142 e. The fourth-order valence-electron chi connectivity index (χ4n) is 1.90. The number of aromatic nitrogens is 1. The molecule has 0 aliphatic carbocycles. The van der Waals surface area contributed by atoms with E-state index in [1.807, 2.05) is 17.0 Å². The molecule has 1 N–H and O–H groups in total. The van der Waals surface area contributed by atoms with Crippen molar-refractivity contribution in [3.63, 3.8) is 0 Å². The van der Waals surface area contributed by atoms with Crippen molar-refractivity contribution in [2.24, 2.45) is 0 Å². The van der Waals surface area contributed by atoms with E-state index in [0.29, 0.717) is 6.42 Å². The maximum absolute atomic E-state index is 13.5. The van der Waals surface area contributed by atoms with Crippen molar-refractivity contribution in [1.29, 1.82) is 0 Å². The van der Waals surface area contributed by atoms with Crippen LogP contribution < -0.4 is 5.32 Å². The molecule has 2 aromatic rings. The average molecular weight is 299 g/mol. The highest BCUT2D eigenvalue weighted by atomic mass is 35.5. The molecule has 0 spiro atoms. The number of nitrogens with one attached hydrogen (secondary N) is 1. The molecule has 1 unspecified atom stereocenters. The van der Waals surface area contributed by atoms with Crippen LogP contribution in [-0.2, 0) is 6.42 Å². The van der Waals surface area contributed by atoms with E-state index >= 15 is 0 Å². The Hall–Kier alpha value is -0.970. The molecule has 5 heteroatoms. The number of nitrogens with zero attached hydrogens (tertiary/aromatic N) is 1. The van der Waals surface area contributed by atoms with Gasteiger partial charge in [0.2, 0.25) is 0 Å². The molecule has 2 nitrogen and oxygen atoms in total. The third kappa shape index (κ3) is 4.00. The van der Waals surface area contributed by atoms with Gasteiger partial charge in [0.15, 0.2) is 0 Å². The largest absolute Gasteiger partial charge is 0.308 e. The van der Waals surface area contributed by atoms with Crippen LogP contribution in [0, 0.1) is 5.82 Å². The average Bonchev–Trinajstić information content (AvgIpc) is 2.92. The van der Waals surface area contributed by atoms with E-state index in [-0.39, 0.29) is 16.9 Å². The molecular formula is C14H16ClFN2S. The van der Waals surface area contributed by atoms with Crippen LogP contribution in [0.25, 0.3) is 0 Å². The quantitative estimate of drug-likeness (QED) is 0.864. The van der Waals surface area contributed by atoms with Crippen LogP contribution >= 0.6 is 22.9 Å². The van der Waals surface area contributed by atoms with Crippen LogP contribution in [0.15, 0.2) is 29.1 Å². The summed E-state index contributed by atoms with van der Waals surface area (Å²) in [5, 5.41) is 5.63. The van der Waals surface area contributed by atoms with Crippen molar-refractivity contribution in [2.45, 2.75) is 25.8 Å². The van der Waals surface area contributed by atoms with Gasteiger partial charge in [-0.15, -0.1) is 11.3 Å². The van der Waals surface area contributed by atoms with Crippen molar-refractivity contribution in [2.75, 3.05) is 6.54 Å². The van der Waals surface area contributed by atoms with Gasteiger partial charge in [0.1, 0.15) is 5.82 Å². The van der Waals surface area contributed by atoms with Gasteiger partial charge in [0, 0.05) is 5.38 Å². The topological polar surface area (TPSA) is 24.9 Å². The zero-order valence-electron chi connectivity index (χ0n) is 10.7. The Morgan fingerprint density at radius 2 is 2.32 bits per heavy atom. The summed E-state index contributed by atoms with van der Waals surface area (Å²) in [5.41, 5.74) is 3.75. The molecule has 1 aromatic heterocycles. The second kappa shape index (κ2) is 6.98. The predicted molar refractivity (Wildman–Crippen MR) is 78.3 cm³/mol. The van der Waals surface area contributed by atoms with E-state index in [9.17, 15) is 4.39 Å². The number of thiazole rings is 1. The van der Waals surface area contributed by atoms with Crippen LogP contribution in [-0.4, -0.2) is 11.5 Å². The molecule has 1 atom stereocenters. The van der Waals surface area contributed by atoms with Gasteiger partial charge in [-0.25, -0.2) is 9.37 Å². The highest BCUT2D eigenvalue weighted by Gasteiger charge is 2.14. The summed E-state index contributed by atoms with van der Waals surface area (Å²) in [6.45, 7) is 3.03. The van der Waals surface area contributed by atoms with Gasteiger partial charge in [-0.1, -0.05) is 24.6 Å². The molecule has 0 aliphatic heterocycles. The second-order valence-electron chi connectivity index (χ2n) is 4.37. The van der Waals surface area contributed by atoms with E-state index in [1.54, 1.807) is 17.4 Å². The Morgan fingerprint density at radius 3 is 2.95 bits per heavy atom. The maximum Gasteiger partial charge on any atom is 0.142 e. The summed E-state index contributed by atoms with van der Waals surface area (Å²) in [6, 6.07) is 5.07. The Labute approximate surface area is 121 Å². The molecule has 1 aromatic carbocycles. The van der Waals surface area contributed by atoms with Gasteiger partial charge in [-0.2, -0.15) is 0 Å². The number of hydrogen-bond donors (Lipinski definition) is 1. The Morgan fingerprint density at radius 1 is 1.47 bits per heavy atom. The summed E-state index contributed by atoms with van der Waals surface area (Å²) in [7, 11) is 0. The maximum atomic E-state index is 13.5.